The molecule has 1 heterocycles. The average molecular weight is 363 g/mol. The summed E-state index contributed by atoms with van der Waals surface area (Å²) in [6, 6.07) is 11.7. The number of amides is 1. The van der Waals surface area contributed by atoms with E-state index in [0.717, 1.165) is 0 Å². The van der Waals surface area contributed by atoms with E-state index in [4.69, 9.17) is 23.2 Å². The first-order valence-electron chi connectivity index (χ1n) is 7.11. The van der Waals surface area contributed by atoms with Crippen molar-refractivity contribution in [3.8, 4) is 0 Å². The fourth-order valence-electron chi connectivity index (χ4n) is 2.23. The van der Waals surface area contributed by atoms with Crippen LogP contribution in [0.15, 0.2) is 47.3 Å². The molecule has 0 aliphatic heterocycles. The van der Waals surface area contributed by atoms with E-state index < -0.39 is 0 Å². The van der Waals surface area contributed by atoms with Crippen LogP contribution in [0.5, 0.6) is 0 Å². The molecule has 0 aliphatic carbocycles. The minimum atomic E-state index is -0.282. The predicted molar refractivity (Wildman–Crippen MR) is 93.5 cm³/mol. The van der Waals surface area contributed by atoms with E-state index in [1.165, 1.54) is 4.68 Å². The Labute approximate surface area is 147 Å². The second-order valence-corrected chi connectivity index (χ2v) is 5.96. The van der Waals surface area contributed by atoms with Crippen molar-refractivity contribution < 1.29 is 4.79 Å². The molecule has 6 nitrogen and oxygen atoms in total. The van der Waals surface area contributed by atoms with Gasteiger partial charge in [0.1, 0.15) is 5.52 Å². The minimum Gasteiger partial charge on any atom is -0.326 e. The van der Waals surface area contributed by atoms with Crippen LogP contribution in [0, 0.1) is 0 Å². The molecule has 1 N–H and O–H groups in total. The Bertz CT molecular complexity index is 951. The van der Waals surface area contributed by atoms with Gasteiger partial charge in [-0.3, -0.25) is 9.59 Å². The number of rotatable bonds is 4. The zero-order chi connectivity index (χ0) is 17.1. The molecular formula is C16H12Cl2N4O2. The zero-order valence-corrected chi connectivity index (χ0v) is 13.9. The first kappa shape index (κ1) is 16.4. The number of hydrogen-bond acceptors (Lipinski definition) is 4. The molecule has 122 valence electrons. The Morgan fingerprint density at radius 3 is 2.58 bits per heavy atom. The second-order valence-electron chi connectivity index (χ2n) is 5.09. The molecule has 2 aromatic carbocycles. The molecule has 8 heteroatoms. The van der Waals surface area contributed by atoms with Crippen LogP contribution in [0.3, 0.4) is 0 Å². The van der Waals surface area contributed by atoms with Gasteiger partial charge in [0, 0.05) is 22.2 Å². The first-order chi connectivity index (χ1) is 11.5. The van der Waals surface area contributed by atoms with E-state index >= 15 is 0 Å². The highest BCUT2D eigenvalue weighted by atomic mass is 35.5. The molecule has 0 bridgehead atoms. The van der Waals surface area contributed by atoms with Crippen molar-refractivity contribution in [3.63, 3.8) is 0 Å². The van der Waals surface area contributed by atoms with Crippen LogP contribution in [0.4, 0.5) is 5.69 Å². The molecule has 0 fully saturated rings. The predicted octanol–water partition coefficient (Wildman–Crippen LogP) is 3.13. The van der Waals surface area contributed by atoms with Gasteiger partial charge in [0.05, 0.1) is 11.9 Å². The van der Waals surface area contributed by atoms with Gasteiger partial charge in [0.15, 0.2) is 0 Å². The highest BCUT2D eigenvalue weighted by molar-refractivity contribution is 6.35. The van der Waals surface area contributed by atoms with Crippen LogP contribution in [0.1, 0.15) is 6.42 Å². The number of fused-ring (bicyclic) bond motifs is 1. The summed E-state index contributed by atoms with van der Waals surface area (Å²) in [4.78, 5) is 24.3. The van der Waals surface area contributed by atoms with Crippen molar-refractivity contribution in [2.24, 2.45) is 0 Å². The van der Waals surface area contributed by atoms with Gasteiger partial charge in [0.25, 0.3) is 5.56 Å². The van der Waals surface area contributed by atoms with Crippen LogP contribution < -0.4 is 10.9 Å². The standard InChI is InChI=1S/C16H12Cl2N4O2/c17-10-7-11(18)9-12(8-10)19-15(23)5-6-22-16(24)13-3-1-2-4-14(13)20-21-22/h1-4,7-9H,5-6H2,(H,19,23). The lowest BCUT2D eigenvalue weighted by molar-refractivity contribution is -0.116. The minimum absolute atomic E-state index is 0.0665. The fourth-order valence-corrected chi connectivity index (χ4v) is 2.75. The number of carbonyl (C=O) groups excluding carboxylic acids is 1. The van der Waals surface area contributed by atoms with Crippen molar-refractivity contribution in [1.29, 1.82) is 0 Å². The SMILES string of the molecule is O=C(CCn1nnc2ccccc2c1=O)Nc1cc(Cl)cc(Cl)c1. The summed E-state index contributed by atoms with van der Waals surface area (Å²) < 4.78 is 1.17. The Hall–Kier alpha value is -2.44. The molecule has 0 saturated heterocycles. The summed E-state index contributed by atoms with van der Waals surface area (Å²) in [5.41, 5.74) is 0.741. The van der Waals surface area contributed by atoms with E-state index in [0.29, 0.717) is 26.6 Å². The van der Waals surface area contributed by atoms with Crippen LogP contribution in [0.2, 0.25) is 10.0 Å². The smallest absolute Gasteiger partial charge is 0.277 e. The van der Waals surface area contributed by atoms with Crippen molar-refractivity contribution in [2.75, 3.05) is 5.32 Å². The quantitative estimate of drug-likeness (QED) is 0.773. The molecule has 0 spiro atoms. The Kier molecular flexibility index (Phi) is 4.78. The third-order valence-electron chi connectivity index (χ3n) is 3.33. The third-order valence-corrected chi connectivity index (χ3v) is 3.76. The maximum absolute atomic E-state index is 12.3. The number of aryl methyl sites for hydroxylation is 1. The summed E-state index contributed by atoms with van der Waals surface area (Å²) in [5.74, 6) is -0.282. The van der Waals surface area contributed by atoms with Crippen LogP contribution in [0.25, 0.3) is 10.9 Å². The number of hydrogen-bond donors (Lipinski definition) is 1. The maximum atomic E-state index is 12.3. The average Bonchev–Trinajstić information content (AvgIpc) is 2.53. The van der Waals surface area contributed by atoms with Gasteiger partial charge in [0.2, 0.25) is 5.91 Å². The van der Waals surface area contributed by atoms with Gasteiger partial charge >= 0.3 is 0 Å². The van der Waals surface area contributed by atoms with E-state index in [-0.39, 0.29) is 24.4 Å². The van der Waals surface area contributed by atoms with Gasteiger partial charge in [-0.25, -0.2) is 4.68 Å². The van der Waals surface area contributed by atoms with Crippen molar-refractivity contribution in [3.05, 3.63) is 62.9 Å². The Balaban J connectivity index is 1.70. The topological polar surface area (TPSA) is 76.9 Å². The second kappa shape index (κ2) is 6.98. The molecule has 3 rings (SSSR count). The van der Waals surface area contributed by atoms with Gasteiger partial charge in [-0.05, 0) is 30.3 Å². The number of halogens is 2. The number of nitrogens with zero attached hydrogens (tertiary/aromatic N) is 3. The number of anilines is 1. The summed E-state index contributed by atoms with van der Waals surface area (Å²) in [6.45, 7) is 0.122. The van der Waals surface area contributed by atoms with Gasteiger partial charge in [-0.2, -0.15) is 0 Å². The lowest BCUT2D eigenvalue weighted by Gasteiger charge is -2.07. The molecule has 0 unspecified atom stereocenters. The van der Waals surface area contributed by atoms with E-state index in [9.17, 15) is 9.59 Å². The molecular weight excluding hydrogens is 351 g/mol. The molecule has 3 aromatic rings. The summed E-state index contributed by atoms with van der Waals surface area (Å²) in [7, 11) is 0. The normalized spacial score (nSPS) is 10.8. The zero-order valence-electron chi connectivity index (χ0n) is 12.4. The lowest BCUT2D eigenvalue weighted by Crippen LogP contribution is -2.26. The molecule has 0 radical (unpaired) electrons. The summed E-state index contributed by atoms with van der Waals surface area (Å²) in [5, 5.41) is 11.8. The largest absolute Gasteiger partial charge is 0.326 e. The Morgan fingerprint density at radius 1 is 1.12 bits per heavy atom. The van der Waals surface area contributed by atoms with Crippen molar-refractivity contribution >= 4 is 45.7 Å². The molecule has 1 amide bonds. The molecule has 0 aliphatic rings. The van der Waals surface area contributed by atoms with Crippen LogP contribution in [-0.2, 0) is 11.3 Å². The van der Waals surface area contributed by atoms with Gasteiger partial charge in [-0.15, -0.1) is 5.10 Å². The van der Waals surface area contributed by atoms with Gasteiger partial charge in [-0.1, -0.05) is 40.5 Å². The fraction of sp³-hybridized carbons (Fsp3) is 0.125. The molecule has 1 aromatic heterocycles. The monoisotopic (exact) mass is 362 g/mol. The first-order valence-corrected chi connectivity index (χ1v) is 7.87. The van der Waals surface area contributed by atoms with Crippen LogP contribution >= 0.6 is 23.2 Å². The number of aromatic nitrogens is 3. The van der Waals surface area contributed by atoms with Gasteiger partial charge < -0.3 is 5.32 Å². The Morgan fingerprint density at radius 2 is 1.83 bits per heavy atom. The van der Waals surface area contributed by atoms with E-state index in [2.05, 4.69) is 15.6 Å². The van der Waals surface area contributed by atoms with Crippen molar-refractivity contribution in [1.82, 2.24) is 15.0 Å². The summed E-state index contributed by atoms with van der Waals surface area (Å²) >= 11 is 11.8. The van der Waals surface area contributed by atoms with E-state index in [1.807, 2.05) is 0 Å². The van der Waals surface area contributed by atoms with E-state index in [1.54, 1.807) is 42.5 Å². The number of carbonyl (C=O) groups is 1. The molecule has 24 heavy (non-hydrogen) atoms. The highest BCUT2D eigenvalue weighted by Gasteiger charge is 2.08. The van der Waals surface area contributed by atoms with Crippen molar-refractivity contribution in [2.45, 2.75) is 13.0 Å². The third kappa shape index (κ3) is 3.72. The number of nitrogens with one attached hydrogen (secondary N) is 1. The maximum Gasteiger partial charge on any atom is 0.277 e. The molecule has 0 saturated carbocycles. The number of benzene rings is 2. The highest BCUT2D eigenvalue weighted by Crippen LogP contribution is 2.22. The summed E-state index contributed by atoms with van der Waals surface area (Å²) in [6.07, 6.45) is 0.0665. The van der Waals surface area contributed by atoms with Crippen LogP contribution in [-0.4, -0.2) is 20.9 Å². The molecule has 0 atom stereocenters. The lowest BCUT2D eigenvalue weighted by atomic mass is 10.2.